The maximum Gasteiger partial charge on any atom is 0.0814 e. The van der Waals surface area contributed by atoms with Crippen LogP contribution in [0.2, 0.25) is 0 Å². The van der Waals surface area contributed by atoms with Crippen molar-refractivity contribution in [1.29, 1.82) is 0 Å². The highest BCUT2D eigenvalue weighted by molar-refractivity contribution is 5.17. The average Bonchev–Trinajstić information content (AvgIpc) is 2.40. The standard InChI is InChI=1S/C16H22O2/c17-15(11-13-7-3-1-4-8-13)12-16(18)14-9-5-2-6-10-14/h2,5-7,9-10,15-18H,1,3-4,8,11-12H2/t15-,16+/m1/s1. The molecule has 2 rings (SSSR count). The first-order valence-corrected chi connectivity index (χ1v) is 6.84. The van der Waals surface area contributed by atoms with E-state index in [0.29, 0.717) is 12.8 Å². The molecule has 2 nitrogen and oxygen atoms in total. The second kappa shape index (κ2) is 6.72. The van der Waals surface area contributed by atoms with E-state index in [0.717, 1.165) is 18.4 Å². The predicted octanol–water partition coefficient (Wildman–Crippen LogP) is 3.36. The van der Waals surface area contributed by atoms with Crippen molar-refractivity contribution in [3.8, 4) is 0 Å². The molecule has 0 unspecified atom stereocenters. The molecule has 2 heteroatoms. The van der Waals surface area contributed by atoms with Gasteiger partial charge >= 0.3 is 0 Å². The van der Waals surface area contributed by atoms with Crippen LogP contribution in [-0.4, -0.2) is 16.3 Å². The maximum absolute atomic E-state index is 10.0. The lowest BCUT2D eigenvalue weighted by molar-refractivity contribution is 0.0800. The zero-order chi connectivity index (χ0) is 12.8. The Balaban J connectivity index is 1.83. The lowest BCUT2D eigenvalue weighted by Gasteiger charge is -2.19. The normalized spacial score (nSPS) is 19.1. The van der Waals surface area contributed by atoms with Crippen LogP contribution in [0.3, 0.4) is 0 Å². The van der Waals surface area contributed by atoms with E-state index in [1.807, 2.05) is 30.3 Å². The van der Waals surface area contributed by atoms with E-state index in [1.54, 1.807) is 0 Å². The second-order valence-corrected chi connectivity index (χ2v) is 5.13. The van der Waals surface area contributed by atoms with Gasteiger partial charge in [-0.05, 0) is 37.7 Å². The highest BCUT2D eigenvalue weighted by atomic mass is 16.3. The molecule has 0 heterocycles. The lowest BCUT2D eigenvalue weighted by atomic mass is 9.92. The van der Waals surface area contributed by atoms with Gasteiger partial charge in [-0.25, -0.2) is 0 Å². The number of benzene rings is 1. The van der Waals surface area contributed by atoms with Gasteiger partial charge in [-0.3, -0.25) is 0 Å². The Kier molecular flexibility index (Phi) is 4.97. The van der Waals surface area contributed by atoms with E-state index >= 15 is 0 Å². The molecule has 2 N–H and O–H groups in total. The molecule has 0 spiro atoms. The van der Waals surface area contributed by atoms with Gasteiger partial charge in [0.15, 0.2) is 0 Å². The average molecular weight is 246 g/mol. The van der Waals surface area contributed by atoms with Crippen molar-refractivity contribution in [2.24, 2.45) is 0 Å². The minimum absolute atomic E-state index is 0.418. The molecule has 1 aliphatic rings. The van der Waals surface area contributed by atoms with Crippen LogP contribution in [0.4, 0.5) is 0 Å². The highest BCUT2D eigenvalue weighted by Crippen LogP contribution is 2.25. The van der Waals surface area contributed by atoms with Crippen LogP contribution in [0.1, 0.15) is 50.2 Å². The van der Waals surface area contributed by atoms with Gasteiger partial charge in [0.2, 0.25) is 0 Å². The molecule has 1 aliphatic carbocycles. The first-order valence-electron chi connectivity index (χ1n) is 6.84. The van der Waals surface area contributed by atoms with Gasteiger partial charge in [-0.15, -0.1) is 0 Å². The lowest BCUT2D eigenvalue weighted by Crippen LogP contribution is -2.14. The molecule has 98 valence electrons. The van der Waals surface area contributed by atoms with Crippen molar-refractivity contribution in [2.75, 3.05) is 0 Å². The van der Waals surface area contributed by atoms with Crippen LogP contribution in [0.25, 0.3) is 0 Å². The Bertz CT molecular complexity index is 383. The molecule has 0 bridgehead atoms. The monoisotopic (exact) mass is 246 g/mol. The van der Waals surface area contributed by atoms with Crippen LogP contribution in [0.5, 0.6) is 0 Å². The Labute approximate surface area is 109 Å². The van der Waals surface area contributed by atoms with E-state index < -0.39 is 12.2 Å². The van der Waals surface area contributed by atoms with Crippen molar-refractivity contribution < 1.29 is 10.2 Å². The molecule has 2 atom stereocenters. The molecule has 1 aromatic rings. The molecule has 0 fully saturated rings. The van der Waals surface area contributed by atoms with Gasteiger partial charge in [0.05, 0.1) is 12.2 Å². The summed E-state index contributed by atoms with van der Waals surface area (Å²) in [5, 5.41) is 20.1. The first kappa shape index (κ1) is 13.3. The minimum atomic E-state index is -0.564. The zero-order valence-corrected chi connectivity index (χ0v) is 10.8. The van der Waals surface area contributed by atoms with Gasteiger partial charge in [-0.1, -0.05) is 42.0 Å². The van der Waals surface area contributed by atoms with Crippen molar-refractivity contribution >= 4 is 0 Å². The maximum atomic E-state index is 10.0. The molecule has 0 amide bonds. The zero-order valence-electron chi connectivity index (χ0n) is 10.8. The third-order valence-corrected chi connectivity index (χ3v) is 3.56. The van der Waals surface area contributed by atoms with E-state index in [-0.39, 0.29) is 0 Å². The van der Waals surface area contributed by atoms with Crippen LogP contribution >= 0.6 is 0 Å². The fraction of sp³-hybridized carbons (Fsp3) is 0.500. The second-order valence-electron chi connectivity index (χ2n) is 5.13. The van der Waals surface area contributed by atoms with Gasteiger partial charge in [0, 0.05) is 6.42 Å². The van der Waals surface area contributed by atoms with E-state index in [1.165, 1.54) is 18.4 Å². The van der Waals surface area contributed by atoms with Crippen LogP contribution in [-0.2, 0) is 0 Å². The molecule has 0 saturated carbocycles. The summed E-state index contributed by atoms with van der Waals surface area (Å²) in [6, 6.07) is 9.55. The SMILES string of the molecule is O[C@H](CC1=CCCCC1)C[C@H](O)c1ccccc1. The Morgan fingerprint density at radius 1 is 1.06 bits per heavy atom. The molecule has 1 aromatic carbocycles. The molecular formula is C16H22O2. The summed E-state index contributed by atoms with van der Waals surface area (Å²) < 4.78 is 0. The molecule has 0 saturated heterocycles. The van der Waals surface area contributed by atoms with E-state index in [4.69, 9.17) is 0 Å². The number of allylic oxidation sites excluding steroid dienone is 1. The Hall–Kier alpha value is -1.12. The summed E-state index contributed by atoms with van der Waals surface area (Å²) >= 11 is 0. The first-order chi connectivity index (χ1) is 8.75. The summed E-state index contributed by atoms with van der Waals surface area (Å²) in [5.74, 6) is 0. The summed E-state index contributed by atoms with van der Waals surface area (Å²) in [4.78, 5) is 0. The molecule has 0 aliphatic heterocycles. The molecular weight excluding hydrogens is 224 g/mol. The van der Waals surface area contributed by atoms with Crippen molar-refractivity contribution in [2.45, 2.75) is 50.7 Å². The number of hydrogen-bond acceptors (Lipinski definition) is 2. The fourth-order valence-corrected chi connectivity index (χ4v) is 2.55. The fourth-order valence-electron chi connectivity index (χ4n) is 2.55. The summed E-state index contributed by atoms with van der Waals surface area (Å²) in [6.45, 7) is 0. The molecule has 18 heavy (non-hydrogen) atoms. The van der Waals surface area contributed by atoms with Crippen molar-refractivity contribution in [3.63, 3.8) is 0 Å². The quantitative estimate of drug-likeness (QED) is 0.782. The van der Waals surface area contributed by atoms with Gasteiger partial charge < -0.3 is 10.2 Å². The smallest absolute Gasteiger partial charge is 0.0814 e. The van der Waals surface area contributed by atoms with Crippen LogP contribution < -0.4 is 0 Å². The predicted molar refractivity (Wildman–Crippen MR) is 73.2 cm³/mol. The van der Waals surface area contributed by atoms with Crippen LogP contribution in [0, 0.1) is 0 Å². The van der Waals surface area contributed by atoms with Gasteiger partial charge in [-0.2, -0.15) is 0 Å². The van der Waals surface area contributed by atoms with Crippen molar-refractivity contribution in [3.05, 3.63) is 47.5 Å². The van der Waals surface area contributed by atoms with Gasteiger partial charge in [0.25, 0.3) is 0 Å². The van der Waals surface area contributed by atoms with Gasteiger partial charge in [0.1, 0.15) is 0 Å². The van der Waals surface area contributed by atoms with E-state index in [2.05, 4.69) is 6.08 Å². The summed E-state index contributed by atoms with van der Waals surface area (Å²) in [5.41, 5.74) is 2.24. The van der Waals surface area contributed by atoms with Crippen molar-refractivity contribution in [1.82, 2.24) is 0 Å². The molecule has 0 aromatic heterocycles. The van der Waals surface area contributed by atoms with E-state index in [9.17, 15) is 10.2 Å². The Morgan fingerprint density at radius 2 is 1.83 bits per heavy atom. The number of rotatable bonds is 5. The number of hydrogen-bond donors (Lipinski definition) is 2. The topological polar surface area (TPSA) is 40.5 Å². The third kappa shape index (κ3) is 3.97. The number of aliphatic hydroxyl groups excluding tert-OH is 2. The minimum Gasteiger partial charge on any atom is -0.393 e. The van der Waals surface area contributed by atoms with Crippen LogP contribution in [0.15, 0.2) is 42.0 Å². The number of aliphatic hydroxyl groups is 2. The Morgan fingerprint density at radius 3 is 2.50 bits per heavy atom. The summed E-state index contributed by atoms with van der Waals surface area (Å²) in [6.07, 6.45) is 7.13. The third-order valence-electron chi connectivity index (χ3n) is 3.56. The highest BCUT2D eigenvalue weighted by Gasteiger charge is 2.15. The molecule has 0 radical (unpaired) electrons. The largest absolute Gasteiger partial charge is 0.393 e. The summed E-state index contributed by atoms with van der Waals surface area (Å²) in [7, 11) is 0.